The summed E-state index contributed by atoms with van der Waals surface area (Å²) < 4.78 is 0. The van der Waals surface area contributed by atoms with E-state index in [1.807, 2.05) is 0 Å². The van der Waals surface area contributed by atoms with Crippen molar-refractivity contribution in [2.24, 2.45) is 0 Å². The van der Waals surface area contributed by atoms with E-state index < -0.39 is 0 Å². The average Bonchev–Trinajstić information content (AvgIpc) is 2.01. The van der Waals surface area contributed by atoms with Crippen LogP contribution in [0.1, 0.15) is 22.3 Å². The summed E-state index contributed by atoms with van der Waals surface area (Å²) in [6.45, 7) is 8.73. The second-order valence-corrected chi connectivity index (χ2v) is 4.00. The van der Waals surface area contributed by atoms with Gasteiger partial charge in [0, 0.05) is 19.8 Å². The number of anilines is 1. The number of aryl methyl sites for hydroxylation is 2. The highest BCUT2D eigenvalue weighted by atomic mass is 15.1. The Labute approximate surface area is 81.4 Å². The van der Waals surface area contributed by atoms with Gasteiger partial charge in [-0.2, -0.15) is 0 Å². The SMILES string of the molecule is Cc1cc(C)c(C)c(N(C)C)c1C. The molecule has 0 aliphatic rings. The van der Waals surface area contributed by atoms with Crippen molar-refractivity contribution >= 4 is 5.69 Å². The molecule has 0 aromatic heterocycles. The molecule has 0 saturated heterocycles. The van der Waals surface area contributed by atoms with E-state index >= 15 is 0 Å². The van der Waals surface area contributed by atoms with Crippen molar-refractivity contribution < 1.29 is 0 Å². The third kappa shape index (κ3) is 1.69. The van der Waals surface area contributed by atoms with Crippen molar-refractivity contribution in [3.63, 3.8) is 0 Å². The Morgan fingerprint density at radius 1 is 0.846 bits per heavy atom. The van der Waals surface area contributed by atoms with Crippen LogP contribution < -0.4 is 4.90 Å². The summed E-state index contributed by atoms with van der Waals surface area (Å²) in [4.78, 5) is 2.20. The Kier molecular flexibility index (Phi) is 2.65. The standard InChI is InChI=1S/C12H19N/c1-8-7-9(2)11(4)12(10(8)3)13(5)6/h7H,1-6H3. The molecule has 0 bridgehead atoms. The third-order valence-corrected chi connectivity index (χ3v) is 2.77. The summed E-state index contributed by atoms with van der Waals surface area (Å²) in [5.41, 5.74) is 6.93. The van der Waals surface area contributed by atoms with Gasteiger partial charge in [0.15, 0.2) is 0 Å². The summed E-state index contributed by atoms with van der Waals surface area (Å²) in [5, 5.41) is 0. The zero-order chi connectivity index (χ0) is 10.2. The molecule has 0 aliphatic carbocycles. The molecule has 0 atom stereocenters. The first-order valence-electron chi connectivity index (χ1n) is 4.70. The molecule has 1 aromatic rings. The minimum Gasteiger partial charge on any atom is -0.377 e. The molecule has 1 aromatic carbocycles. The molecule has 72 valence electrons. The minimum atomic E-state index is 1.37. The van der Waals surface area contributed by atoms with Crippen LogP contribution in [-0.4, -0.2) is 14.1 Å². The second-order valence-electron chi connectivity index (χ2n) is 4.00. The number of hydrogen-bond acceptors (Lipinski definition) is 1. The van der Waals surface area contributed by atoms with Crippen molar-refractivity contribution in [3.8, 4) is 0 Å². The van der Waals surface area contributed by atoms with E-state index in [4.69, 9.17) is 0 Å². The van der Waals surface area contributed by atoms with Crippen molar-refractivity contribution in [3.05, 3.63) is 28.3 Å². The number of rotatable bonds is 1. The molecule has 0 unspecified atom stereocenters. The van der Waals surface area contributed by atoms with E-state index in [1.165, 1.54) is 27.9 Å². The van der Waals surface area contributed by atoms with Gasteiger partial charge >= 0.3 is 0 Å². The first-order chi connectivity index (χ1) is 5.95. The molecule has 0 radical (unpaired) electrons. The van der Waals surface area contributed by atoms with Gasteiger partial charge in [-0.1, -0.05) is 6.07 Å². The molecular weight excluding hydrogens is 158 g/mol. The number of nitrogens with zero attached hydrogens (tertiary/aromatic N) is 1. The summed E-state index contributed by atoms with van der Waals surface area (Å²) in [6.07, 6.45) is 0. The fraction of sp³-hybridized carbons (Fsp3) is 0.500. The highest BCUT2D eigenvalue weighted by molar-refractivity contribution is 5.62. The first-order valence-corrected chi connectivity index (χ1v) is 4.70. The summed E-state index contributed by atoms with van der Waals surface area (Å²) in [7, 11) is 4.21. The zero-order valence-corrected chi connectivity index (χ0v) is 9.52. The molecule has 1 rings (SSSR count). The monoisotopic (exact) mass is 177 g/mol. The van der Waals surface area contributed by atoms with Crippen LogP contribution in [0.5, 0.6) is 0 Å². The lowest BCUT2D eigenvalue weighted by atomic mass is 9.98. The van der Waals surface area contributed by atoms with Gasteiger partial charge in [0.1, 0.15) is 0 Å². The molecule has 0 aliphatic heterocycles. The van der Waals surface area contributed by atoms with Crippen LogP contribution >= 0.6 is 0 Å². The van der Waals surface area contributed by atoms with Crippen molar-refractivity contribution in [1.29, 1.82) is 0 Å². The second kappa shape index (κ2) is 3.41. The lowest BCUT2D eigenvalue weighted by molar-refractivity contribution is 1.08. The summed E-state index contributed by atoms with van der Waals surface area (Å²) in [6, 6.07) is 2.26. The minimum absolute atomic E-state index is 1.37. The molecular formula is C12H19N. The van der Waals surface area contributed by atoms with Crippen molar-refractivity contribution in [2.45, 2.75) is 27.7 Å². The van der Waals surface area contributed by atoms with Crippen LogP contribution in [0.4, 0.5) is 5.69 Å². The van der Waals surface area contributed by atoms with Crippen LogP contribution in [0.25, 0.3) is 0 Å². The van der Waals surface area contributed by atoms with Crippen LogP contribution in [0.15, 0.2) is 6.07 Å². The smallest absolute Gasteiger partial charge is 0.0425 e. The van der Waals surface area contributed by atoms with Crippen molar-refractivity contribution in [2.75, 3.05) is 19.0 Å². The maximum Gasteiger partial charge on any atom is 0.0425 e. The van der Waals surface area contributed by atoms with Gasteiger partial charge in [-0.25, -0.2) is 0 Å². The summed E-state index contributed by atoms with van der Waals surface area (Å²) in [5.74, 6) is 0. The Balaban J connectivity index is 3.46. The van der Waals surface area contributed by atoms with Gasteiger partial charge in [0.2, 0.25) is 0 Å². The highest BCUT2D eigenvalue weighted by Gasteiger charge is 2.08. The third-order valence-electron chi connectivity index (χ3n) is 2.77. The molecule has 0 amide bonds. The molecule has 1 nitrogen and oxygen atoms in total. The maximum absolute atomic E-state index is 2.26. The van der Waals surface area contributed by atoms with Gasteiger partial charge in [-0.15, -0.1) is 0 Å². The number of hydrogen-bond donors (Lipinski definition) is 0. The predicted molar refractivity (Wildman–Crippen MR) is 59.7 cm³/mol. The summed E-state index contributed by atoms with van der Waals surface area (Å²) >= 11 is 0. The van der Waals surface area contributed by atoms with E-state index in [-0.39, 0.29) is 0 Å². The Morgan fingerprint density at radius 2 is 1.23 bits per heavy atom. The Bertz CT molecular complexity index is 298. The Hall–Kier alpha value is -0.980. The van der Waals surface area contributed by atoms with Crippen LogP contribution in [0.2, 0.25) is 0 Å². The van der Waals surface area contributed by atoms with Crippen LogP contribution in [0, 0.1) is 27.7 Å². The normalized spacial score (nSPS) is 10.3. The topological polar surface area (TPSA) is 3.24 Å². The van der Waals surface area contributed by atoms with E-state index in [0.717, 1.165) is 0 Å². The molecule has 13 heavy (non-hydrogen) atoms. The van der Waals surface area contributed by atoms with Crippen molar-refractivity contribution in [1.82, 2.24) is 0 Å². The largest absolute Gasteiger partial charge is 0.377 e. The van der Waals surface area contributed by atoms with E-state index in [9.17, 15) is 0 Å². The fourth-order valence-corrected chi connectivity index (χ4v) is 1.87. The lowest BCUT2D eigenvalue weighted by Crippen LogP contribution is -2.13. The molecule has 0 heterocycles. The van der Waals surface area contributed by atoms with Gasteiger partial charge in [0.05, 0.1) is 0 Å². The highest BCUT2D eigenvalue weighted by Crippen LogP contribution is 2.28. The zero-order valence-electron chi connectivity index (χ0n) is 9.52. The maximum atomic E-state index is 2.26. The van der Waals surface area contributed by atoms with E-state index in [2.05, 4.69) is 52.8 Å². The molecule has 0 spiro atoms. The Morgan fingerprint density at radius 3 is 1.54 bits per heavy atom. The van der Waals surface area contributed by atoms with Gasteiger partial charge < -0.3 is 4.90 Å². The quantitative estimate of drug-likeness (QED) is 0.637. The van der Waals surface area contributed by atoms with E-state index in [1.54, 1.807) is 0 Å². The average molecular weight is 177 g/mol. The molecule has 0 N–H and O–H groups in total. The van der Waals surface area contributed by atoms with Gasteiger partial charge in [-0.05, 0) is 49.9 Å². The van der Waals surface area contributed by atoms with Crippen LogP contribution in [0.3, 0.4) is 0 Å². The fourth-order valence-electron chi connectivity index (χ4n) is 1.87. The lowest BCUT2D eigenvalue weighted by Gasteiger charge is -2.21. The first kappa shape index (κ1) is 10.1. The molecule has 1 heteroatoms. The number of benzene rings is 1. The molecule has 0 fully saturated rings. The van der Waals surface area contributed by atoms with Crippen LogP contribution in [-0.2, 0) is 0 Å². The van der Waals surface area contributed by atoms with E-state index in [0.29, 0.717) is 0 Å². The van der Waals surface area contributed by atoms with Gasteiger partial charge in [0.25, 0.3) is 0 Å². The molecule has 0 saturated carbocycles. The van der Waals surface area contributed by atoms with Gasteiger partial charge in [-0.3, -0.25) is 0 Å². The predicted octanol–water partition coefficient (Wildman–Crippen LogP) is 2.99.